The maximum Gasteiger partial charge on any atom is 0.269 e. The van der Waals surface area contributed by atoms with Gasteiger partial charge in [-0.3, -0.25) is 20.4 Å². The molecule has 26 heavy (non-hydrogen) atoms. The summed E-state index contributed by atoms with van der Waals surface area (Å²) < 4.78 is 11.0. The molecule has 1 aromatic rings. The van der Waals surface area contributed by atoms with Gasteiger partial charge in [-0.15, -0.1) is 0 Å². The van der Waals surface area contributed by atoms with E-state index in [0.29, 0.717) is 36.0 Å². The summed E-state index contributed by atoms with van der Waals surface area (Å²) in [4.78, 5) is 24.1. The predicted molar refractivity (Wildman–Crippen MR) is 100 cm³/mol. The first-order chi connectivity index (χ1) is 12.5. The van der Waals surface area contributed by atoms with Gasteiger partial charge in [-0.2, -0.15) is 0 Å². The van der Waals surface area contributed by atoms with Crippen LogP contribution in [0.2, 0.25) is 0 Å². The molecular weight excluding hydrogens is 332 g/mol. The Kier molecular flexibility index (Phi) is 7.51. The molecule has 2 rings (SSSR count). The zero-order chi connectivity index (χ0) is 18.9. The molecule has 2 N–H and O–H groups in total. The first kappa shape index (κ1) is 19.8. The lowest BCUT2D eigenvalue weighted by Crippen LogP contribution is -2.42. The molecule has 6 nitrogen and oxygen atoms in total. The molecule has 1 aliphatic carbocycles. The van der Waals surface area contributed by atoms with Gasteiger partial charge in [-0.05, 0) is 49.3 Å². The van der Waals surface area contributed by atoms with Gasteiger partial charge in [0.05, 0.1) is 13.7 Å². The van der Waals surface area contributed by atoms with E-state index in [9.17, 15) is 9.59 Å². The molecule has 0 saturated heterocycles. The third-order valence-electron chi connectivity index (χ3n) is 4.25. The van der Waals surface area contributed by atoms with Gasteiger partial charge < -0.3 is 9.47 Å². The molecule has 1 aromatic carbocycles. The quantitative estimate of drug-likeness (QED) is 0.551. The van der Waals surface area contributed by atoms with Crippen LogP contribution in [0.1, 0.15) is 49.9 Å². The minimum Gasteiger partial charge on any atom is -0.493 e. The van der Waals surface area contributed by atoms with Gasteiger partial charge in [-0.1, -0.05) is 26.0 Å². The molecule has 0 radical (unpaired) electrons. The van der Waals surface area contributed by atoms with Gasteiger partial charge in [0, 0.05) is 12.0 Å². The fourth-order valence-electron chi connectivity index (χ4n) is 2.69. The number of hydrogen-bond acceptors (Lipinski definition) is 4. The van der Waals surface area contributed by atoms with Gasteiger partial charge in [0.25, 0.3) is 5.91 Å². The van der Waals surface area contributed by atoms with Crippen LogP contribution in [0.4, 0.5) is 0 Å². The highest BCUT2D eigenvalue weighted by atomic mass is 16.5. The molecule has 0 heterocycles. The molecule has 2 amide bonds. The van der Waals surface area contributed by atoms with E-state index in [0.717, 1.165) is 19.3 Å². The fourth-order valence-corrected chi connectivity index (χ4v) is 2.69. The van der Waals surface area contributed by atoms with Gasteiger partial charge in [0.1, 0.15) is 0 Å². The van der Waals surface area contributed by atoms with Crippen molar-refractivity contribution in [3.8, 4) is 11.5 Å². The van der Waals surface area contributed by atoms with Gasteiger partial charge >= 0.3 is 0 Å². The minimum absolute atomic E-state index is 0.199. The molecule has 6 heteroatoms. The molecule has 0 spiro atoms. The van der Waals surface area contributed by atoms with Crippen LogP contribution in [0.3, 0.4) is 0 Å². The summed E-state index contributed by atoms with van der Waals surface area (Å²) >= 11 is 0. The van der Waals surface area contributed by atoms with Crippen LogP contribution < -0.4 is 20.3 Å². The number of amides is 2. The van der Waals surface area contributed by atoms with Crippen LogP contribution in [0.5, 0.6) is 11.5 Å². The SMILES string of the molecule is COc1cc(C(=O)NNC(=O)CC2C=CCC2)ccc1OCCC(C)C. The number of hydrazine groups is 1. The molecular formula is C20H28N2O4. The van der Waals surface area contributed by atoms with Crippen LogP contribution in [0.15, 0.2) is 30.4 Å². The van der Waals surface area contributed by atoms with Crippen LogP contribution in [0, 0.1) is 11.8 Å². The van der Waals surface area contributed by atoms with E-state index in [1.807, 2.05) is 6.08 Å². The normalized spacial score (nSPS) is 15.8. The second-order valence-electron chi connectivity index (χ2n) is 6.87. The average Bonchev–Trinajstić information content (AvgIpc) is 3.12. The van der Waals surface area contributed by atoms with Crippen molar-refractivity contribution < 1.29 is 19.1 Å². The van der Waals surface area contributed by atoms with Crippen molar-refractivity contribution >= 4 is 11.8 Å². The summed E-state index contributed by atoms with van der Waals surface area (Å²) in [5, 5.41) is 0. The topological polar surface area (TPSA) is 76.7 Å². The van der Waals surface area contributed by atoms with Crippen molar-refractivity contribution in [3.05, 3.63) is 35.9 Å². The second kappa shape index (κ2) is 9.85. The van der Waals surface area contributed by atoms with E-state index in [-0.39, 0.29) is 11.8 Å². The van der Waals surface area contributed by atoms with Crippen LogP contribution >= 0.6 is 0 Å². The zero-order valence-corrected chi connectivity index (χ0v) is 15.7. The van der Waals surface area contributed by atoms with Gasteiger partial charge in [0.2, 0.25) is 5.91 Å². The maximum absolute atomic E-state index is 12.2. The molecule has 0 fully saturated rings. The Hall–Kier alpha value is -2.50. The summed E-state index contributed by atoms with van der Waals surface area (Å²) in [6.07, 6.45) is 7.43. The Balaban J connectivity index is 1.87. The number of nitrogens with one attached hydrogen (secondary N) is 2. The van der Waals surface area contributed by atoms with E-state index in [4.69, 9.17) is 9.47 Å². The average molecular weight is 360 g/mol. The molecule has 0 saturated carbocycles. The zero-order valence-electron chi connectivity index (χ0n) is 15.7. The number of rotatable bonds is 8. The van der Waals surface area contributed by atoms with Crippen molar-refractivity contribution in [1.82, 2.24) is 10.9 Å². The van der Waals surface area contributed by atoms with E-state index >= 15 is 0 Å². The van der Waals surface area contributed by atoms with Crippen molar-refractivity contribution in [2.24, 2.45) is 11.8 Å². The Morgan fingerprint density at radius 1 is 1.23 bits per heavy atom. The number of carbonyl (C=O) groups is 2. The highest BCUT2D eigenvalue weighted by molar-refractivity contribution is 5.96. The summed E-state index contributed by atoms with van der Waals surface area (Å²) in [6.45, 7) is 4.85. The third kappa shape index (κ3) is 6.10. The van der Waals surface area contributed by atoms with Crippen LogP contribution in [-0.4, -0.2) is 25.5 Å². The lowest BCUT2D eigenvalue weighted by molar-refractivity contribution is -0.122. The van der Waals surface area contributed by atoms with Gasteiger partial charge in [0.15, 0.2) is 11.5 Å². The number of hydrogen-bond donors (Lipinski definition) is 2. The van der Waals surface area contributed by atoms with E-state index in [2.05, 4.69) is 30.8 Å². The number of methoxy groups -OCH3 is 1. The maximum atomic E-state index is 12.2. The Bertz CT molecular complexity index is 655. The lowest BCUT2D eigenvalue weighted by atomic mass is 10.1. The Morgan fingerprint density at radius 3 is 2.69 bits per heavy atom. The first-order valence-corrected chi connectivity index (χ1v) is 9.06. The first-order valence-electron chi connectivity index (χ1n) is 9.06. The minimum atomic E-state index is -0.396. The summed E-state index contributed by atoms with van der Waals surface area (Å²) in [6, 6.07) is 4.96. The van der Waals surface area contributed by atoms with Crippen molar-refractivity contribution in [2.45, 2.75) is 39.5 Å². The summed E-state index contributed by atoms with van der Waals surface area (Å²) in [5.41, 5.74) is 5.29. The highest BCUT2D eigenvalue weighted by Crippen LogP contribution is 2.28. The summed E-state index contributed by atoms with van der Waals surface area (Å²) in [5.74, 6) is 1.30. The van der Waals surface area contributed by atoms with E-state index < -0.39 is 5.91 Å². The van der Waals surface area contributed by atoms with E-state index in [1.165, 1.54) is 7.11 Å². The second-order valence-corrected chi connectivity index (χ2v) is 6.87. The number of benzene rings is 1. The van der Waals surface area contributed by atoms with E-state index in [1.54, 1.807) is 18.2 Å². The third-order valence-corrected chi connectivity index (χ3v) is 4.25. The number of allylic oxidation sites excluding steroid dienone is 2. The van der Waals surface area contributed by atoms with Crippen molar-refractivity contribution in [1.29, 1.82) is 0 Å². The smallest absolute Gasteiger partial charge is 0.269 e. The molecule has 1 atom stereocenters. The Labute approximate surface area is 154 Å². The molecule has 1 unspecified atom stereocenters. The lowest BCUT2D eigenvalue weighted by Gasteiger charge is -2.14. The largest absolute Gasteiger partial charge is 0.493 e. The molecule has 0 aromatic heterocycles. The number of ether oxygens (including phenoxy) is 2. The fraction of sp³-hybridized carbons (Fsp3) is 0.500. The highest BCUT2D eigenvalue weighted by Gasteiger charge is 2.16. The van der Waals surface area contributed by atoms with Crippen molar-refractivity contribution in [3.63, 3.8) is 0 Å². The van der Waals surface area contributed by atoms with Crippen molar-refractivity contribution in [2.75, 3.05) is 13.7 Å². The molecule has 0 aliphatic heterocycles. The number of carbonyl (C=O) groups excluding carboxylic acids is 2. The molecule has 142 valence electrons. The van der Waals surface area contributed by atoms with Crippen LogP contribution in [-0.2, 0) is 4.79 Å². The Morgan fingerprint density at radius 2 is 2.04 bits per heavy atom. The monoisotopic (exact) mass is 360 g/mol. The molecule has 0 bridgehead atoms. The standard InChI is InChI=1S/C20H28N2O4/c1-14(2)10-11-26-17-9-8-16(13-18(17)25-3)20(24)22-21-19(23)12-15-6-4-5-7-15/h4,6,8-9,13-15H,5,7,10-12H2,1-3H3,(H,21,23)(H,22,24). The van der Waals surface area contributed by atoms with Gasteiger partial charge in [-0.25, -0.2) is 0 Å². The van der Waals surface area contributed by atoms with Crippen LogP contribution in [0.25, 0.3) is 0 Å². The molecule has 1 aliphatic rings. The summed E-state index contributed by atoms with van der Waals surface area (Å²) in [7, 11) is 1.53. The predicted octanol–water partition coefficient (Wildman–Crippen LogP) is 3.24.